The molecule has 9 heteroatoms. The number of carbonyl (C=O) groups excluding carboxylic acids is 2. The highest BCUT2D eigenvalue weighted by atomic mass is 32.1. The van der Waals surface area contributed by atoms with Crippen LogP contribution in [-0.4, -0.2) is 23.4 Å². The van der Waals surface area contributed by atoms with Crippen molar-refractivity contribution in [1.82, 2.24) is 5.32 Å². The van der Waals surface area contributed by atoms with Crippen LogP contribution in [-0.2, 0) is 9.53 Å². The quantitative estimate of drug-likeness (QED) is 0.402. The second-order valence-corrected chi connectivity index (χ2v) is 6.55. The first-order chi connectivity index (χ1) is 12.4. The number of benzene rings is 1. The van der Waals surface area contributed by atoms with Gasteiger partial charge in [0.2, 0.25) is 0 Å². The number of hydrogen-bond acceptors (Lipinski definition) is 7. The number of nitrogens with one attached hydrogen (secondary N) is 1. The summed E-state index contributed by atoms with van der Waals surface area (Å²) in [6.07, 6.45) is 1.50. The fourth-order valence-electron chi connectivity index (χ4n) is 2.34. The summed E-state index contributed by atoms with van der Waals surface area (Å²) in [5.74, 6) is -0.524. The van der Waals surface area contributed by atoms with Gasteiger partial charge in [-0.3, -0.25) is 14.9 Å². The Labute approximate surface area is 151 Å². The molecule has 1 aromatic carbocycles. The van der Waals surface area contributed by atoms with Gasteiger partial charge in [-0.05, 0) is 31.2 Å². The van der Waals surface area contributed by atoms with Crippen LogP contribution in [0.2, 0.25) is 0 Å². The zero-order valence-electron chi connectivity index (χ0n) is 13.6. The van der Waals surface area contributed by atoms with Gasteiger partial charge in [0.1, 0.15) is 10.6 Å². The molecule has 0 aliphatic heterocycles. The van der Waals surface area contributed by atoms with E-state index in [1.165, 1.54) is 24.5 Å². The number of amides is 1. The standard InChI is InChI=1S/C17H14N2O6S/c1-10(13-3-2-6-24-13)18-16(20)9-25-17(21)15-8-11-7-12(19(22)23)4-5-14(11)26-15/h2-8,10H,9H2,1H3,(H,18,20)/t10-/m0/s1. The predicted octanol–water partition coefficient (Wildman–Crippen LogP) is 3.44. The molecule has 3 rings (SSSR count). The van der Waals surface area contributed by atoms with Crippen LogP contribution in [0.4, 0.5) is 5.69 Å². The first kappa shape index (κ1) is 17.6. The first-order valence-corrected chi connectivity index (χ1v) is 8.43. The van der Waals surface area contributed by atoms with Crippen LogP contribution in [0.15, 0.2) is 47.1 Å². The van der Waals surface area contributed by atoms with Gasteiger partial charge in [-0.2, -0.15) is 0 Å². The average Bonchev–Trinajstić information content (AvgIpc) is 3.28. The van der Waals surface area contributed by atoms with E-state index in [0.717, 1.165) is 16.0 Å². The minimum absolute atomic E-state index is 0.0542. The molecule has 0 saturated heterocycles. The van der Waals surface area contributed by atoms with E-state index < -0.39 is 23.4 Å². The van der Waals surface area contributed by atoms with Crippen LogP contribution >= 0.6 is 11.3 Å². The predicted molar refractivity (Wildman–Crippen MR) is 94.0 cm³/mol. The third-order valence-corrected chi connectivity index (χ3v) is 4.69. The molecule has 3 aromatic rings. The third kappa shape index (κ3) is 3.89. The Hall–Kier alpha value is -3.20. The number of rotatable bonds is 6. The fourth-order valence-corrected chi connectivity index (χ4v) is 3.28. The maximum Gasteiger partial charge on any atom is 0.348 e. The molecule has 1 atom stereocenters. The number of ether oxygens (including phenoxy) is 1. The molecule has 134 valence electrons. The van der Waals surface area contributed by atoms with Crippen LogP contribution in [0.25, 0.3) is 10.1 Å². The maximum atomic E-state index is 12.1. The minimum atomic E-state index is -0.658. The third-order valence-electron chi connectivity index (χ3n) is 3.59. The summed E-state index contributed by atoms with van der Waals surface area (Å²) in [4.78, 5) is 34.6. The highest BCUT2D eigenvalue weighted by Crippen LogP contribution is 2.29. The molecule has 2 aromatic heterocycles. The largest absolute Gasteiger partial charge is 0.467 e. The van der Waals surface area contributed by atoms with Crippen molar-refractivity contribution in [3.8, 4) is 0 Å². The van der Waals surface area contributed by atoms with Gasteiger partial charge in [-0.25, -0.2) is 4.79 Å². The van der Waals surface area contributed by atoms with E-state index >= 15 is 0 Å². The summed E-state index contributed by atoms with van der Waals surface area (Å²) in [6, 6.07) is 8.95. The van der Waals surface area contributed by atoms with E-state index in [0.29, 0.717) is 11.1 Å². The van der Waals surface area contributed by atoms with Crippen molar-refractivity contribution in [3.63, 3.8) is 0 Å². The summed E-state index contributed by atoms with van der Waals surface area (Å²) in [5.41, 5.74) is -0.0542. The molecular formula is C17H14N2O6S. The van der Waals surface area contributed by atoms with Crippen LogP contribution in [0.1, 0.15) is 28.4 Å². The first-order valence-electron chi connectivity index (χ1n) is 7.62. The van der Waals surface area contributed by atoms with Gasteiger partial charge in [-0.15, -0.1) is 11.3 Å². The van der Waals surface area contributed by atoms with Crippen LogP contribution in [0.5, 0.6) is 0 Å². The smallest absolute Gasteiger partial charge is 0.348 e. The number of thiophene rings is 1. The number of carbonyl (C=O) groups is 2. The zero-order valence-corrected chi connectivity index (χ0v) is 14.4. The fraction of sp³-hybridized carbons (Fsp3) is 0.176. The van der Waals surface area contributed by atoms with E-state index in [1.807, 2.05) is 0 Å². The highest BCUT2D eigenvalue weighted by molar-refractivity contribution is 7.20. The Morgan fingerprint density at radius 1 is 1.35 bits per heavy atom. The van der Waals surface area contributed by atoms with Gasteiger partial charge in [0, 0.05) is 22.2 Å². The van der Waals surface area contributed by atoms with E-state index in [-0.39, 0.29) is 16.6 Å². The summed E-state index contributed by atoms with van der Waals surface area (Å²) in [5, 5.41) is 14.0. The van der Waals surface area contributed by atoms with Gasteiger partial charge in [0.25, 0.3) is 11.6 Å². The Kier molecular flexibility index (Phi) is 4.99. The molecule has 26 heavy (non-hydrogen) atoms. The molecule has 0 aliphatic rings. The number of fused-ring (bicyclic) bond motifs is 1. The van der Waals surface area contributed by atoms with Crippen molar-refractivity contribution in [2.75, 3.05) is 6.61 Å². The topological polar surface area (TPSA) is 112 Å². The highest BCUT2D eigenvalue weighted by Gasteiger charge is 2.17. The molecule has 0 bridgehead atoms. The van der Waals surface area contributed by atoms with Crippen molar-refractivity contribution in [3.05, 3.63) is 63.4 Å². The summed E-state index contributed by atoms with van der Waals surface area (Å²) < 4.78 is 10.9. The SMILES string of the molecule is C[C@H](NC(=O)COC(=O)c1cc2cc([N+](=O)[O-])ccc2s1)c1ccco1. The van der Waals surface area contributed by atoms with E-state index in [9.17, 15) is 19.7 Å². The van der Waals surface area contributed by atoms with Gasteiger partial charge in [-0.1, -0.05) is 0 Å². The Morgan fingerprint density at radius 2 is 2.15 bits per heavy atom. The van der Waals surface area contributed by atoms with Crippen LogP contribution < -0.4 is 5.32 Å². The number of nitro benzene ring substituents is 1. The lowest BCUT2D eigenvalue weighted by Gasteiger charge is -2.11. The molecule has 0 unspecified atom stereocenters. The molecule has 0 aliphatic carbocycles. The lowest BCUT2D eigenvalue weighted by Crippen LogP contribution is -2.30. The summed E-state index contributed by atoms with van der Waals surface area (Å²) >= 11 is 1.15. The number of furan rings is 1. The Morgan fingerprint density at radius 3 is 2.85 bits per heavy atom. The normalized spacial score (nSPS) is 11.9. The molecule has 1 N–H and O–H groups in total. The van der Waals surface area contributed by atoms with Crippen molar-refractivity contribution in [2.45, 2.75) is 13.0 Å². The number of nitrogens with zero attached hydrogens (tertiary/aromatic N) is 1. The zero-order chi connectivity index (χ0) is 18.7. The average molecular weight is 374 g/mol. The van der Waals surface area contributed by atoms with Crippen LogP contribution in [0.3, 0.4) is 0 Å². The minimum Gasteiger partial charge on any atom is -0.467 e. The van der Waals surface area contributed by atoms with E-state index in [4.69, 9.17) is 9.15 Å². The van der Waals surface area contributed by atoms with Gasteiger partial charge < -0.3 is 14.5 Å². The molecule has 1 amide bonds. The second kappa shape index (κ2) is 7.36. The number of hydrogen-bond donors (Lipinski definition) is 1. The molecule has 0 fully saturated rings. The molecule has 8 nitrogen and oxygen atoms in total. The summed E-state index contributed by atoms with van der Waals surface area (Å²) in [6.45, 7) is 1.32. The van der Waals surface area contributed by atoms with Crippen molar-refractivity contribution in [1.29, 1.82) is 0 Å². The molecule has 2 heterocycles. The maximum absolute atomic E-state index is 12.1. The Balaban J connectivity index is 1.60. The Bertz CT molecular complexity index is 963. The lowest BCUT2D eigenvalue weighted by atomic mass is 10.2. The second-order valence-electron chi connectivity index (χ2n) is 5.47. The number of esters is 1. The molecular weight excluding hydrogens is 360 g/mol. The summed E-state index contributed by atoms with van der Waals surface area (Å²) in [7, 11) is 0. The van der Waals surface area contributed by atoms with Gasteiger partial charge >= 0.3 is 5.97 Å². The van der Waals surface area contributed by atoms with Gasteiger partial charge in [0.05, 0.1) is 17.2 Å². The number of nitro groups is 1. The monoisotopic (exact) mass is 374 g/mol. The van der Waals surface area contributed by atoms with Crippen molar-refractivity contribution >= 4 is 39.0 Å². The van der Waals surface area contributed by atoms with Crippen molar-refractivity contribution < 1.29 is 23.7 Å². The van der Waals surface area contributed by atoms with Crippen LogP contribution in [0, 0.1) is 10.1 Å². The van der Waals surface area contributed by atoms with Crippen molar-refractivity contribution in [2.24, 2.45) is 0 Å². The lowest BCUT2D eigenvalue weighted by molar-refractivity contribution is -0.384. The van der Waals surface area contributed by atoms with E-state index in [2.05, 4.69) is 5.32 Å². The molecule has 0 saturated carbocycles. The number of non-ortho nitro benzene ring substituents is 1. The molecule has 0 radical (unpaired) electrons. The van der Waals surface area contributed by atoms with Gasteiger partial charge in [0.15, 0.2) is 6.61 Å². The van der Waals surface area contributed by atoms with E-state index in [1.54, 1.807) is 25.1 Å². The molecule has 0 spiro atoms.